The molecule has 0 heterocycles. The molecule has 0 aliphatic heterocycles. The van der Waals surface area contributed by atoms with Gasteiger partial charge in [0.25, 0.3) is 0 Å². The SMILES string of the molecule is O=C(NCC#Cc1ccccc1)OCc1ccccc1. The van der Waals surface area contributed by atoms with E-state index in [1.54, 1.807) is 0 Å². The molecule has 0 radical (unpaired) electrons. The van der Waals surface area contributed by atoms with Crippen LogP contribution in [-0.2, 0) is 11.3 Å². The maximum Gasteiger partial charge on any atom is 0.408 e. The Hall–Kier alpha value is -2.73. The van der Waals surface area contributed by atoms with Crippen LogP contribution in [0.15, 0.2) is 60.7 Å². The van der Waals surface area contributed by atoms with E-state index in [0.717, 1.165) is 11.1 Å². The molecule has 0 aliphatic carbocycles. The van der Waals surface area contributed by atoms with Crippen LogP contribution in [0, 0.1) is 11.8 Å². The average molecular weight is 265 g/mol. The number of carbonyl (C=O) groups excluding carboxylic acids is 1. The Morgan fingerprint density at radius 2 is 1.65 bits per heavy atom. The molecule has 0 bridgehead atoms. The highest BCUT2D eigenvalue weighted by Gasteiger charge is 1.99. The third-order valence-electron chi connectivity index (χ3n) is 2.54. The van der Waals surface area contributed by atoms with E-state index in [1.807, 2.05) is 60.7 Å². The van der Waals surface area contributed by atoms with Crippen molar-refractivity contribution in [2.45, 2.75) is 6.61 Å². The minimum Gasteiger partial charge on any atom is -0.445 e. The van der Waals surface area contributed by atoms with Gasteiger partial charge >= 0.3 is 6.09 Å². The number of amides is 1. The average Bonchev–Trinajstić information content (AvgIpc) is 2.52. The molecular formula is C17H15NO2. The highest BCUT2D eigenvalue weighted by Crippen LogP contribution is 2.00. The molecule has 0 saturated carbocycles. The number of benzene rings is 2. The first-order chi connectivity index (χ1) is 9.84. The lowest BCUT2D eigenvalue weighted by Gasteiger charge is -2.04. The van der Waals surface area contributed by atoms with E-state index >= 15 is 0 Å². The molecule has 0 saturated heterocycles. The van der Waals surface area contributed by atoms with Crippen LogP contribution in [0.5, 0.6) is 0 Å². The van der Waals surface area contributed by atoms with Crippen LogP contribution >= 0.6 is 0 Å². The van der Waals surface area contributed by atoms with Crippen LogP contribution in [0.1, 0.15) is 11.1 Å². The van der Waals surface area contributed by atoms with Crippen molar-refractivity contribution in [2.24, 2.45) is 0 Å². The number of hydrogen-bond donors (Lipinski definition) is 1. The maximum absolute atomic E-state index is 11.4. The van der Waals surface area contributed by atoms with Crippen LogP contribution in [0.3, 0.4) is 0 Å². The molecule has 20 heavy (non-hydrogen) atoms. The Bertz CT molecular complexity index is 597. The number of ether oxygens (including phenoxy) is 1. The topological polar surface area (TPSA) is 38.3 Å². The molecule has 2 aromatic carbocycles. The summed E-state index contributed by atoms with van der Waals surface area (Å²) in [5, 5.41) is 2.59. The summed E-state index contributed by atoms with van der Waals surface area (Å²) >= 11 is 0. The summed E-state index contributed by atoms with van der Waals surface area (Å²) < 4.78 is 5.06. The van der Waals surface area contributed by atoms with Gasteiger partial charge in [-0.3, -0.25) is 0 Å². The molecule has 0 unspecified atom stereocenters. The van der Waals surface area contributed by atoms with Crippen LogP contribution in [0.2, 0.25) is 0 Å². The Morgan fingerprint density at radius 1 is 1.00 bits per heavy atom. The third-order valence-corrected chi connectivity index (χ3v) is 2.54. The van der Waals surface area contributed by atoms with Gasteiger partial charge in [0.1, 0.15) is 6.61 Å². The Kier molecular flexibility index (Phi) is 5.24. The van der Waals surface area contributed by atoms with Crippen molar-refractivity contribution in [3.05, 3.63) is 71.8 Å². The van der Waals surface area contributed by atoms with E-state index in [4.69, 9.17) is 4.74 Å². The monoisotopic (exact) mass is 265 g/mol. The molecule has 3 nitrogen and oxygen atoms in total. The Balaban J connectivity index is 1.70. The lowest BCUT2D eigenvalue weighted by Crippen LogP contribution is -2.24. The first-order valence-corrected chi connectivity index (χ1v) is 6.33. The summed E-state index contributed by atoms with van der Waals surface area (Å²) in [6, 6.07) is 19.2. The number of carbonyl (C=O) groups is 1. The number of alkyl carbamates (subject to hydrolysis) is 1. The minimum atomic E-state index is -0.462. The van der Waals surface area contributed by atoms with Gasteiger partial charge in [0.15, 0.2) is 0 Å². The highest BCUT2D eigenvalue weighted by atomic mass is 16.5. The second-order valence-electron chi connectivity index (χ2n) is 4.08. The summed E-state index contributed by atoms with van der Waals surface area (Å²) in [5.41, 5.74) is 1.88. The van der Waals surface area contributed by atoms with E-state index in [9.17, 15) is 4.79 Å². The van der Waals surface area contributed by atoms with Gasteiger partial charge in [-0.2, -0.15) is 0 Å². The fourth-order valence-corrected chi connectivity index (χ4v) is 1.56. The molecule has 1 N–H and O–H groups in total. The zero-order valence-electron chi connectivity index (χ0n) is 11.0. The third kappa shape index (κ3) is 4.87. The molecular weight excluding hydrogens is 250 g/mol. The molecule has 0 fully saturated rings. The standard InChI is InChI=1S/C17H15NO2/c19-17(20-14-16-10-5-2-6-11-16)18-13-7-12-15-8-3-1-4-9-15/h1-6,8-11H,13-14H2,(H,18,19). The van der Waals surface area contributed by atoms with Gasteiger partial charge in [-0.25, -0.2) is 4.79 Å². The van der Waals surface area contributed by atoms with Gasteiger partial charge in [0, 0.05) is 5.56 Å². The van der Waals surface area contributed by atoms with Crippen molar-refractivity contribution in [3.8, 4) is 11.8 Å². The van der Waals surface area contributed by atoms with Crippen LogP contribution < -0.4 is 5.32 Å². The summed E-state index contributed by atoms with van der Waals surface area (Å²) in [6.45, 7) is 0.529. The number of nitrogens with one attached hydrogen (secondary N) is 1. The molecule has 0 atom stereocenters. The van der Waals surface area contributed by atoms with Crippen molar-refractivity contribution in [1.29, 1.82) is 0 Å². The smallest absolute Gasteiger partial charge is 0.408 e. The number of rotatable bonds is 3. The van der Waals surface area contributed by atoms with Crippen LogP contribution in [-0.4, -0.2) is 12.6 Å². The second kappa shape index (κ2) is 7.65. The quantitative estimate of drug-likeness (QED) is 0.866. The summed E-state index contributed by atoms with van der Waals surface area (Å²) in [5.74, 6) is 5.82. The largest absolute Gasteiger partial charge is 0.445 e. The zero-order valence-corrected chi connectivity index (χ0v) is 11.0. The van der Waals surface area contributed by atoms with Crippen LogP contribution in [0.4, 0.5) is 4.79 Å². The first-order valence-electron chi connectivity index (χ1n) is 6.33. The van der Waals surface area contributed by atoms with Gasteiger partial charge in [-0.05, 0) is 17.7 Å². The normalized spacial score (nSPS) is 9.20. The van der Waals surface area contributed by atoms with E-state index in [0.29, 0.717) is 0 Å². The molecule has 1 amide bonds. The molecule has 100 valence electrons. The molecule has 0 aliphatic rings. The van der Waals surface area contributed by atoms with Gasteiger partial charge < -0.3 is 10.1 Å². The lowest BCUT2D eigenvalue weighted by molar-refractivity contribution is 0.141. The van der Waals surface area contributed by atoms with E-state index < -0.39 is 6.09 Å². The molecule has 2 rings (SSSR count). The van der Waals surface area contributed by atoms with E-state index in [-0.39, 0.29) is 13.2 Å². The predicted octanol–water partition coefficient (Wildman–Crippen LogP) is 2.96. The van der Waals surface area contributed by atoms with Gasteiger partial charge in [0.2, 0.25) is 0 Å². The summed E-state index contributed by atoms with van der Waals surface area (Å²) in [6.07, 6.45) is -0.462. The summed E-state index contributed by atoms with van der Waals surface area (Å²) in [4.78, 5) is 11.4. The van der Waals surface area contributed by atoms with Gasteiger partial charge in [0.05, 0.1) is 6.54 Å². The Labute approximate surface area is 118 Å². The fraction of sp³-hybridized carbons (Fsp3) is 0.118. The fourth-order valence-electron chi connectivity index (χ4n) is 1.56. The zero-order chi connectivity index (χ0) is 14.0. The van der Waals surface area contributed by atoms with Crippen molar-refractivity contribution < 1.29 is 9.53 Å². The molecule has 3 heteroatoms. The summed E-state index contributed by atoms with van der Waals surface area (Å²) in [7, 11) is 0. The van der Waals surface area contributed by atoms with E-state index in [2.05, 4.69) is 17.2 Å². The van der Waals surface area contributed by atoms with Gasteiger partial charge in [-0.1, -0.05) is 60.4 Å². The highest BCUT2D eigenvalue weighted by molar-refractivity contribution is 5.67. The molecule has 0 spiro atoms. The van der Waals surface area contributed by atoms with Crippen LogP contribution in [0.25, 0.3) is 0 Å². The van der Waals surface area contributed by atoms with Crippen molar-refractivity contribution in [2.75, 3.05) is 6.54 Å². The van der Waals surface area contributed by atoms with Crippen molar-refractivity contribution >= 4 is 6.09 Å². The van der Waals surface area contributed by atoms with Crippen molar-refractivity contribution in [3.63, 3.8) is 0 Å². The first kappa shape index (κ1) is 13.7. The number of hydrogen-bond acceptors (Lipinski definition) is 2. The second-order valence-corrected chi connectivity index (χ2v) is 4.08. The predicted molar refractivity (Wildman–Crippen MR) is 77.9 cm³/mol. The lowest BCUT2D eigenvalue weighted by atomic mass is 10.2. The van der Waals surface area contributed by atoms with Crippen molar-refractivity contribution in [1.82, 2.24) is 5.32 Å². The minimum absolute atomic E-state index is 0.263. The maximum atomic E-state index is 11.4. The van der Waals surface area contributed by atoms with E-state index in [1.165, 1.54) is 0 Å². The Morgan fingerprint density at radius 3 is 2.35 bits per heavy atom. The van der Waals surface area contributed by atoms with Gasteiger partial charge in [-0.15, -0.1) is 0 Å². The molecule has 0 aromatic heterocycles. The molecule has 2 aromatic rings.